The summed E-state index contributed by atoms with van der Waals surface area (Å²) in [7, 11) is 1.35. The van der Waals surface area contributed by atoms with Crippen LogP contribution in [0.1, 0.15) is 42.5 Å². The molecule has 1 heterocycles. The van der Waals surface area contributed by atoms with Crippen molar-refractivity contribution in [2.45, 2.75) is 32.7 Å². The van der Waals surface area contributed by atoms with E-state index in [1.165, 1.54) is 26.4 Å². The summed E-state index contributed by atoms with van der Waals surface area (Å²) in [6.07, 6.45) is 3.98. The van der Waals surface area contributed by atoms with E-state index < -0.39 is 5.97 Å². The number of hydrogen-bond donors (Lipinski definition) is 1. The van der Waals surface area contributed by atoms with Crippen LogP contribution in [0.15, 0.2) is 16.5 Å². The van der Waals surface area contributed by atoms with E-state index in [2.05, 4.69) is 17.0 Å². The van der Waals surface area contributed by atoms with Crippen molar-refractivity contribution in [2.75, 3.05) is 13.7 Å². The van der Waals surface area contributed by atoms with Crippen LogP contribution in [0, 0.1) is 11.8 Å². The summed E-state index contributed by atoms with van der Waals surface area (Å²) < 4.78 is 9.98. The molecule has 0 spiro atoms. The quantitative estimate of drug-likeness (QED) is 0.817. The fraction of sp³-hybridized carbons (Fsp3) is 0.643. The van der Waals surface area contributed by atoms with Gasteiger partial charge < -0.3 is 14.5 Å². The number of esters is 1. The van der Waals surface area contributed by atoms with Crippen molar-refractivity contribution in [2.24, 2.45) is 11.8 Å². The zero-order valence-electron chi connectivity index (χ0n) is 11.1. The minimum absolute atomic E-state index is 0.267. The lowest BCUT2D eigenvalue weighted by Gasteiger charge is -2.09. The van der Waals surface area contributed by atoms with Gasteiger partial charge in [0.05, 0.1) is 13.7 Å². The number of rotatable bonds is 5. The van der Waals surface area contributed by atoms with E-state index in [9.17, 15) is 4.79 Å². The molecule has 18 heavy (non-hydrogen) atoms. The molecule has 2 atom stereocenters. The van der Waals surface area contributed by atoms with E-state index in [1.54, 1.807) is 6.07 Å². The molecule has 2 unspecified atom stereocenters. The fourth-order valence-electron chi connectivity index (χ4n) is 2.59. The highest BCUT2D eigenvalue weighted by atomic mass is 16.5. The van der Waals surface area contributed by atoms with Crippen molar-refractivity contribution in [3.05, 3.63) is 23.7 Å². The Morgan fingerprint density at radius 2 is 2.33 bits per heavy atom. The molecule has 1 fully saturated rings. The Bertz CT molecular complexity index is 399. The van der Waals surface area contributed by atoms with Crippen LogP contribution >= 0.6 is 0 Å². The van der Waals surface area contributed by atoms with Gasteiger partial charge in [0.1, 0.15) is 5.76 Å². The second-order valence-corrected chi connectivity index (χ2v) is 5.17. The molecule has 0 aliphatic heterocycles. The summed E-state index contributed by atoms with van der Waals surface area (Å²) in [5.41, 5.74) is 0. The summed E-state index contributed by atoms with van der Waals surface area (Å²) in [5, 5.41) is 3.39. The average molecular weight is 251 g/mol. The number of hydrogen-bond acceptors (Lipinski definition) is 4. The maximum Gasteiger partial charge on any atom is 0.373 e. The first-order chi connectivity index (χ1) is 8.69. The van der Waals surface area contributed by atoms with Gasteiger partial charge in [-0.15, -0.1) is 0 Å². The number of carbonyl (C=O) groups is 1. The van der Waals surface area contributed by atoms with E-state index in [1.807, 2.05) is 6.07 Å². The second kappa shape index (κ2) is 6.05. The van der Waals surface area contributed by atoms with E-state index >= 15 is 0 Å². The molecule has 2 rings (SSSR count). The normalized spacial score (nSPS) is 23.2. The van der Waals surface area contributed by atoms with Crippen LogP contribution in [0.4, 0.5) is 0 Å². The van der Waals surface area contributed by atoms with Gasteiger partial charge in [0.15, 0.2) is 0 Å². The third kappa shape index (κ3) is 3.35. The first-order valence-electron chi connectivity index (χ1n) is 6.56. The van der Waals surface area contributed by atoms with Crippen molar-refractivity contribution in [3.63, 3.8) is 0 Å². The average Bonchev–Trinajstić information content (AvgIpc) is 2.98. The molecule has 0 amide bonds. The smallest absolute Gasteiger partial charge is 0.373 e. The summed E-state index contributed by atoms with van der Waals surface area (Å²) in [5.74, 6) is 2.28. The molecule has 0 saturated heterocycles. The standard InChI is InChI=1S/C14H21NO3/c1-10-3-4-11(7-10)8-15-9-12-5-6-13(18-12)14(16)17-2/h5-6,10-11,15H,3-4,7-9H2,1-2H3. The molecule has 1 aliphatic rings. The third-order valence-corrected chi connectivity index (χ3v) is 3.58. The molecule has 1 aromatic heterocycles. The topological polar surface area (TPSA) is 51.5 Å². The van der Waals surface area contributed by atoms with Gasteiger partial charge in [-0.25, -0.2) is 4.79 Å². The summed E-state index contributed by atoms with van der Waals surface area (Å²) in [6.45, 7) is 4.01. The molecule has 4 nitrogen and oxygen atoms in total. The van der Waals surface area contributed by atoms with Crippen molar-refractivity contribution >= 4 is 5.97 Å². The predicted molar refractivity (Wildman–Crippen MR) is 68.3 cm³/mol. The maximum atomic E-state index is 11.2. The molecule has 0 aromatic carbocycles. The monoisotopic (exact) mass is 251 g/mol. The Hall–Kier alpha value is -1.29. The van der Waals surface area contributed by atoms with Crippen LogP contribution < -0.4 is 5.32 Å². The van der Waals surface area contributed by atoms with E-state index in [-0.39, 0.29) is 5.76 Å². The molecule has 100 valence electrons. The van der Waals surface area contributed by atoms with Gasteiger partial charge in [-0.2, -0.15) is 0 Å². The Morgan fingerprint density at radius 3 is 3.00 bits per heavy atom. The van der Waals surface area contributed by atoms with Crippen molar-refractivity contribution in [1.82, 2.24) is 5.32 Å². The summed E-state index contributed by atoms with van der Waals surface area (Å²) in [6, 6.07) is 3.47. The highest BCUT2D eigenvalue weighted by Gasteiger charge is 2.20. The van der Waals surface area contributed by atoms with Crippen LogP contribution in [0.25, 0.3) is 0 Å². The molecule has 1 saturated carbocycles. The first-order valence-corrected chi connectivity index (χ1v) is 6.56. The van der Waals surface area contributed by atoms with E-state index in [0.29, 0.717) is 6.54 Å². The van der Waals surface area contributed by atoms with Crippen LogP contribution in [-0.2, 0) is 11.3 Å². The molecule has 1 N–H and O–H groups in total. The number of nitrogens with one attached hydrogen (secondary N) is 1. The van der Waals surface area contributed by atoms with Crippen LogP contribution in [0.3, 0.4) is 0 Å². The van der Waals surface area contributed by atoms with Gasteiger partial charge >= 0.3 is 5.97 Å². The first kappa shape index (κ1) is 13.1. The van der Waals surface area contributed by atoms with Crippen molar-refractivity contribution in [1.29, 1.82) is 0 Å². The van der Waals surface area contributed by atoms with Gasteiger partial charge in [-0.1, -0.05) is 13.3 Å². The van der Waals surface area contributed by atoms with Crippen LogP contribution in [0.2, 0.25) is 0 Å². The third-order valence-electron chi connectivity index (χ3n) is 3.58. The Kier molecular flexibility index (Phi) is 4.42. The molecule has 1 aromatic rings. The SMILES string of the molecule is COC(=O)c1ccc(CNCC2CCC(C)C2)o1. The number of furan rings is 1. The number of carbonyl (C=O) groups excluding carboxylic acids is 1. The van der Waals surface area contributed by atoms with Gasteiger partial charge in [0, 0.05) is 0 Å². The molecular formula is C14H21NO3. The molecular weight excluding hydrogens is 230 g/mol. The largest absolute Gasteiger partial charge is 0.463 e. The summed E-state index contributed by atoms with van der Waals surface area (Å²) in [4.78, 5) is 11.2. The Balaban J connectivity index is 1.73. The van der Waals surface area contributed by atoms with Crippen molar-refractivity contribution < 1.29 is 13.9 Å². The highest BCUT2D eigenvalue weighted by molar-refractivity contribution is 5.86. The minimum atomic E-state index is -0.425. The van der Waals surface area contributed by atoms with Gasteiger partial charge in [-0.3, -0.25) is 0 Å². The van der Waals surface area contributed by atoms with Crippen molar-refractivity contribution in [3.8, 4) is 0 Å². The zero-order valence-corrected chi connectivity index (χ0v) is 11.1. The maximum absolute atomic E-state index is 11.2. The lowest BCUT2D eigenvalue weighted by molar-refractivity contribution is 0.0563. The number of methoxy groups -OCH3 is 1. The lowest BCUT2D eigenvalue weighted by Crippen LogP contribution is -2.20. The van der Waals surface area contributed by atoms with Gasteiger partial charge in [0.25, 0.3) is 0 Å². The van der Waals surface area contributed by atoms with Crippen LogP contribution in [-0.4, -0.2) is 19.6 Å². The van der Waals surface area contributed by atoms with Gasteiger partial charge in [0.2, 0.25) is 5.76 Å². The lowest BCUT2D eigenvalue weighted by atomic mass is 10.1. The highest BCUT2D eigenvalue weighted by Crippen LogP contribution is 2.29. The van der Waals surface area contributed by atoms with Gasteiger partial charge in [-0.05, 0) is 43.4 Å². The fourth-order valence-corrected chi connectivity index (χ4v) is 2.59. The molecule has 0 bridgehead atoms. The van der Waals surface area contributed by atoms with E-state index in [4.69, 9.17) is 4.42 Å². The molecule has 0 radical (unpaired) electrons. The molecule has 1 aliphatic carbocycles. The van der Waals surface area contributed by atoms with Crippen LogP contribution in [0.5, 0.6) is 0 Å². The van der Waals surface area contributed by atoms with E-state index in [0.717, 1.165) is 24.1 Å². The molecule has 4 heteroatoms. The predicted octanol–water partition coefficient (Wildman–Crippen LogP) is 2.59. The minimum Gasteiger partial charge on any atom is -0.463 e. The Morgan fingerprint density at radius 1 is 1.50 bits per heavy atom. The summed E-state index contributed by atoms with van der Waals surface area (Å²) >= 11 is 0. The second-order valence-electron chi connectivity index (χ2n) is 5.17. The number of ether oxygens (including phenoxy) is 1. The zero-order chi connectivity index (χ0) is 13.0. The Labute approximate surface area is 108 Å².